The van der Waals surface area contributed by atoms with E-state index in [1.807, 2.05) is 19.0 Å². The normalized spacial score (nSPS) is 12.8. The fraction of sp³-hybridized carbons (Fsp3) is 0.429. The van der Waals surface area contributed by atoms with Gasteiger partial charge in [-0.3, -0.25) is 9.36 Å². The van der Waals surface area contributed by atoms with Gasteiger partial charge in [-0.1, -0.05) is 6.07 Å². The number of aliphatic hydroxyl groups is 1. The molecule has 1 unspecified atom stereocenters. The SMILES string of the molecule is COc1cccc2ncn(CC(O)CN(C)C)c(=O)c12. The first-order chi connectivity index (χ1) is 9.52. The van der Waals surface area contributed by atoms with E-state index in [2.05, 4.69) is 4.98 Å². The zero-order chi connectivity index (χ0) is 14.7. The van der Waals surface area contributed by atoms with Crippen LogP contribution in [0.5, 0.6) is 5.75 Å². The second-order valence-electron chi connectivity index (χ2n) is 4.97. The molecule has 1 aromatic heterocycles. The lowest BCUT2D eigenvalue weighted by atomic mass is 10.2. The number of benzene rings is 1. The zero-order valence-corrected chi connectivity index (χ0v) is 11.9. The number of fused-ring (bicyclic) bond motifs is 1. The van der Waals surface area contributed by atoms with Crippen LogP contribution in [0.3, 0.4) is 0 Å². The molecule has 1 heterocycles. The largest absolute Gasteiger partial charge is 0.496 e. The van der Waals surface area contributed by atoms with E-state index in [1.54, 1.807) is 18.2 Å². The Balaban J connectivity index is 2.41. The van der Waals surface area contributed by atoms with Gasteiger partial charge in [-0.25, -0.2) is 4.98 Å². The molecular formula is C14H19N3O3. The summed E-state index contributed by atoms with van der Waals surface area (Å²) in [5.74, 6) is 0.497. The molecule has 0 fully saturated rings. The van der Waals surface area contributed by atoms with Crippen LogP contribution >= 0.6 is 0 Å². The van der Waals surface area contributed by atoms with E-state index < -0.39 is 6.10 Å². The van der Waals surface area contributed by atoms with Crippen molar-refractivity contribution in [2.45, 2.75) is 12.6 Å². The number of aromatic nitrogens is 2. The molecule has 0 aliphatic heterocycles. The van der Waals surface area contributed by atoms with Gasteiger partial charge in [0.25, 0.3) is 5.56 Å². The van der Waals surface area contributed by atoms with Crippen molar-refractivity contribution in [3.8, 4) is 5.75 Å². The predicted octanol–water partition coefficient (Wildman–Crippen LogP) is 0.328. The van der Waals surface area contributed by atoms with E-state index in [0.717, 1.165) is 0 Å². The highest BCUT2D eigenvalue weighted by Gasteiger charge is 2.12. The van der Waals surface area contributed by atoms with Gasteiger partial charge >= 0.3 is 0 Å². The lowest BCUT2D eigenvalue weighted by Gasteiger charge is -2.17. The molecule has 0 amide bonds. The standard InChI is InChI=1S/C14H19N3O3/c1-16(2)7-10(18)8-17-9-15-11-5-4-6-12(20-3)13(11)14(17)19/h4-6,9-10,18H,7-8H2,1-3H3. The molecule has 1 atom stereocenters. The average Bonchev–Trinajstić information content (AvgIpc) is 2.40. The number of likely N-dealkylation sites (N-methyl/N-ethyl adjacent to an activating group) is 1. The number of nitrogens with zero attached hydrogens (tertiary/aromatic N) is 3. The van der Waals surface area contributed by atoms with Gasteiger partial charge in [0.15, 0.2) is 0 Å². The molecule has 2 aromatic rings. The fourth-order valence-corrected chi connectivity index (χ4v) is 2.18. The van der Waals surface area contributed by atoms with Crippen molar-refractivity contribution in [3.05, 3.63) is 34.9 Å². The molecule has 1 N–H and O–H groups in total. The number of aliphatic hydroxyl groups excluding tert-OH is 1. The van der Waals surface area contributed by atoms with Crippen LogP contribution in [0.1, 0.15) is 0 Å². The Morgan fingerprint density at radius 2 is 2.20 bits per heavy atom. The number of ether oxygens (including phenoxy) is 1. The minimum absolute atomic E-state index is 0.203. The lowest BCUT2D eigenvalue weighted by molar-refractivity contribution is 0.118. The highest BCUT2D eigenvalue weighted by Crippen LogP contribution is 2.19. The van der Waals surface area contributed by atoms with Crippen molar-refractivity contribution in [2.24, 2.45) is 0 Å². The Kier molecular flexibility index (Phi) is 4.36. The quantitative estimate of drug-likeness (QED) is 0.853. The van der Waals surface area contributed by atoms with E-state index in [-0.39, 0.29) is 12.1 Å². The van der Waals surface area contributed by atoms with Crippen LogP contribution in [0.15, 0.2) is 29.3 Å². The van der Waals surface area contributed by atoms with Gasteiger partial charge in [0.2, 0.25) is 0 Å². The van der Waals surface area contributed by atoms with E-state index in [1.165, 1.54) is 18.0 Å². The summed E-state index contributed by atoms with van der Waals surface area (Å²) in [6, 6.07) is 5.28. The molecule has 0 aliphatic carbocycles. The van der Waals surface area contributed by atoms with Crippen molar-refractivity contribution < 1.29 is 9.84 Å². The molecule has 0 bridgehead atoms. The van der Waals surface area contributed by atoms with Crippen molar-refractivity contribution in [2.75, 3.05) is 27.7 Å². The van der Waals surface area contributed by atoms with Gasteiger partial charge < -0.3 is 14.7 Å². The number of rotatable bonds is 5. The first-order valence-electron chi connectivity index (χ1n) is 6.38. The van der Waals surface area contributed by atoms with Crippen LogP contribution in [0.2, 0.25) is 0 Å². The molecule has 0 radical (unpaired) electrons. The van der Waals surface area contributed by atoms with Crippen molar-refractivity contribution in [3.63, 3.8) is 0 Å². The van der Waals surface area contributed by atoms with Gasteiger partial charge in [-0.2, -0.15) is 0 Å². The Morgan fingerprint density at radius 1 is 1.45 bits per heavy atom. The van der Waals surface area contributed by atoms with Crippen LogP contribution in [-0.4, -0.2) is 53.4 Å². The average molecular weight is 277 g/mol. The molecular weight excluding hydrogens is 258 g/mol. The topological polar surface area (TPSA) is 67.6 Å². The molecule has 6 nitrogen and oxygen atoms in total. The Labute approximate surface area is 117 Å². The van der Waals surface area contributed by atoms with E-state index >= 15 is 0 Å². The summed E-state index contributed by atoms with van der Waals surface area (Å²) in [5, 5.41) is 10.4. The predicted molar refractivity (Wildman–Crippen MR) is 77.1 cm³/mol. The van der Waals surface area contributed by atoms with E-state index in [4.69, 9.17) is 4.74 Å². The summed E-state index contributed by atoms with van der Waals surface area (Å²) < 4.78 is 6.62. The van der Waals surface area contributed by atoms with Crippen LogP contribution < -0.4 is 10.3 Å². The highest BCUT2D eigenvalue weighted by molar-refractivity contribution is 5.83. The summed E-state index contributed by atoms with van der Waals surface area (Å²) in [6.07, 6.45) is 0.833. The number of methoxy groups -OCH3 is 1. The Morgan fingerprint density at radius 3 is 2.85 bits per heavy atom. The van der Waals surface area contributed by atoms with Gasteiger partial charge in [0, 0.05) is 6.54 Å². The van der Waals surface area contributed by atoms with Crippen molar-refractivity contribution in [1.29, 1.82) is 0 Å². The maximum Gasteiger partial charge on any atom is 0.265 e. The zero-order valence-electron chi connectivity index (χ0n) is 11.9. The van der Waals surface area contributed by atoms with Gasteiger partial charge in [-0.05, 0) is 26.2 Å². The first kappa shape index (κ1) is 14.5. The maximum absolute atomic E-state index is 12.4. The molecule has 0 aliphatic rings. The highest BCUT2D eigenvalue weighted by atomic mass is 16.5. The Bertz CT molecular complexity index is 652. The third-order valence-corrected chi connectivity index (χ3v) is 3.02. The molecule has 6 heteroatoms. The molecule has 108 valence electrons. The summed E-state index contributed by atoms with van der Waals surface area (Å²) >= 11 is 0. The number of hydrogen-bond acceptors (Lipinski definition) is 5. The van der Waals surface area contributed by atoms with Crippen LogP contribution in [0.4, 0.5) is 0 Å². The summed E-state index contributed by atoms with van der Waals surface area (Å²) in [6.45, 7) is 0.689. The third-order valence-electron chi connectivity index (χ3n) is 3.02. The molecule has 0 saturated heterocycles. The smallest absolute Gasteiger partial charge is 0.265 e. The number of hydrogen-bond donors (Lipinski definition) is 1. The molecule has 0 saturated carbocycles. The van der Waals surface area contributed by atoms with Crippen LogP contribution in [0, 0.1) is 0 Å². The lowest BCUT2D eigenvalue weighted by Crippen LogP contribution is -2.33. The maximum atomic E-state index is 12.4. The van der Waals surface area contributed by atoms with Crippen LogP contribution in [0.25, 0.3) is 10.9 Å². The monoisotopic (exact) mass is 277 g/mol. The second kappa shape index (κ2) is 6.02. The molecule has 20 heavy (non-hydrogen) atoms. The van der Waals surface area contributed by atoms with E-state index in [9.17, 15) is 9.90 Å². The van der Waals surface area contributed by atoms with Crippen molar-refractivity contribution in [1.82, 2.24) is 14.5 Å². The van der Waals surface area contributed by atoms with E-state index in [0.29, 0.717) is 23.2 Å². The van der Waals surface area contributed by atoms with Gasteiger partial charge in [0.05, 0.1) is 31.6 Å². The Hall–Kier alpha value is -1.92. The summed E-state index contributed by atoms with van der Waals surface area (Å²) in [7, 11) is 5.26. The summed E-state index contributed by atoms with van der Waals surface area (Å²) in [5.41, 5.74) is 0.387. The minimum atomic E-state index is -0.628. The summed E-state index contributed by atoms with van der Waals surface area (Å²) in [4.78, 5) is 18.6. The third kappa shape index (κ3) is 2.97. The van der Waals surface area contributed by atoms with Gasteiger partial charge in [0.1, 0.15) is 11.1 Å². The van der Waals surface area contributed by atoms with Crippen molar-refractivity contribution >= 4 is 10.9 Å². The fourth-order valence-electron chi connectivity index (χ4n) is 2.18. The second-order valence-corrected chi connectivity index (χ2v) is 4.97. The first-order valence-corrected chi connectivity index (χ1v) is 6.38. The minimum Gasteiger partial charge on any atom is -0.496 e. The van der Waals surface area contributed by atoms with Crippen LogP contribution in [-0.2, 0) is 6.54 Å². The molecule has 0 spiro atoms. The molecule has 1 aromatic carbocycles. The van der Waals surface area contributed by atoms with Gasteiger partial charge in [-0.15, -0.1) is 0 Å². The molecule has 2 rings (SSSR count).